The van der Waals surface area contributed by atoms with Crippen molar-refractivity contribution in [2.45, 2.75) is 64.7 Å². The van der Waals surface area contributed by atoms with Crippen LogP contribution < -0.4 is 0 Å². The van der Waals surface area contributed by atoms with E-state index in [9.17, 15) is 0 Å². The maximum atomic E-state index is 3.84. The molecular formula is C12H23. The van der Waals surface area contributed by atoms with E-state index in [2.05, 4.69) is 13.3 Å². The van der Waals surface area contributed by atoms with Gasteiger partial charge in [0.1, 0.15) is 0 Å². The van der Waals surface area contributed by atoms with E-state index in [0.29, 0.717) is 0 Å². The van der Waals surface area contributed by atoms with Crippen molar-refractivity contribution in [1.82, 2.24) is 0 Å². The average Bonchev–Trinajstić information content (AvgIpc) is 2.10. The summed E-state index contributed by atoms with van der Waals surface area (Å²) >= 11 is 0. The Bertz CT molecular complexity index is 56.4. The van der Waals surface area contributed by atoms with Gasteiger partial charge in [-0.3, -0.25) is 0 Å². The zero-order valence-electron chi connectivity index (χ0n) is 8.57. The van der Waals surface area contributed by atoms with Gasteiger partial charge in [-0.15, -0.1) is 0 Å². The predicted octanol–water partition coefficient (Wildman–Crippen LogP) is 4.43. The molecule has 0 nitrogen and oxygen atoms in total. The molecule has 0 heterocycles. The summed E-state index contributed by atoms with van der Waals surface area (Å²) in [6, 6.07) is 0. The summed E-state index contributed by atoms with van der Waals surface area (Å²) in [5.74, 6) is 0. The summed E-state index contributed by atoms with van der Waals surface area (Å²) in [6.45, 7) is 5.86. The molecule has 0 fully saturated rings. The van der Waals surface area contributed by atoms with Crippen LogP contribution in [0.15, 0.2) is 0 Å². The van der Waals surface area contributed by atoms with Crippen LogP contribution in [0.3, 0.4) is 0 Å². The maximum absolute atomic E-state index is 3.84. The minimum Gasteiger partial charge on any atom is -0.0586 e. The smallest absolute Gasteiger partial charge is 0.0207 e. The minimum absolute atomic E-state index is 1.11. The van der Waals surface area contributed by atoms with Crippen LogP contribution in [0.1, 0.15) is 64.7 Å². The summed E-state index contributed by atoms with van der Waals surface area (Å²) in [5, 5.41) is 0. The molecule has 0 unspecified atom stereocenters. The highest BCUT2D eigenvalue weighted by molar-refractivity contribution is 4.55. The molecule has 0 aromatic heterocycles. The zero-order valence-corrected chi connectivity index (χ0v) is 8.57. The molecule has 0 aliphatic heterocycles. The zero-order chi connectivity index (χ0) is 9.07. The summed E-state index contributed by atoms with van der Waals surface area (Å²) in [5.41, 5.74) is 0. The molecule has 12 heavy (non-hydrogen) atoms. The fraction of sp³-hybridized carbons (Fsp3) is 0.833. The van der Waals surface area contributed by atoms with Gasteiger partial charge in [-0.05, 0) is 12.8 Å². The Morgan fingerprint density at radius 2 is 1.33 bits per heavy atom. The topological polar surface area (TPSA) is 0 Å². The molecule has 0 aromatic carbocycles. The van der Waals surface area contributed by atoms with Crippen LogP contribution in [0, 0.1) is 13.3 Å². The van der Waals surface area contributed by atoms with Gasteiger partial charge in [0.2, 0.25) is 0 Å². The van der Waals surface area contributed by atoms with Crippen molar-refractivity contribution in [3.63, 3.8) is 0 Å². The first-order valence-corrected chi connectivity index (χ1v) is 5.35. The second-order valence-electron chi connectivity index (χ2n) is 3.43. The molecule has 0 aromatic rings. The lowest BCUT2D eigenvalue weighted by Gasteiger charge is -1.99. The van der Waals surface area contributed by atoms with E-state index in [0.717, 1.165) is 6.42 Å². The maximum Gasteiger partial charge on any atom is -0.0207 e. The van der Waals surface area contributed by atoms with Gasteiger partial charge in [-0.25, -0.2) is 0 Å². The summed E-state index contributed by atoms with van der Waals surface area (Å²) in [4.78, 5) is 0. The van der Waals surface area contributed by atoms with Gasteiger partial charge in [-0.2, -0.15) is 0 Å². The van der Waals surface area contributed by atoms with Crippen LogP contribution >= 0.6 is 0 Å². The second-order valence-corrected chi connectivity index (χ2v) is 3.43. The molecule has 71 valence electrons. The van der Waals surface area contributed by atoms with Gasteiger partial charge >= 0.3 is 0 Å². The van der Waals surface area contributed by atoms with E-state index in [1.807, 2.05) is 6.92 Å². The second kappa shape index (κ2) is 11.0. The van der Waals surface area contributed by atoms with E-state index in [1.165, 1.54) is 51.4 Å². The molecule has 0 heteroatoms. The van der Waals surface area contributed by atoms with Crippen LogP contribution in [0.25, 0.3) is 0 Å². The van der Waals surface area contributed by atoms with Crippen molar-refractivity contribution >= 4 is 0 Å². The van der Waals surface area contributed by atoms with Crippen LogP contribution in [-0.2, 0) is 0 Å². The quantitative estimate of drug-likeness (QED) is 0.445. The third kappa shape index (κ3) is 10.0. The highest BCUT2D eigenvalue weighted by Gasteiger charge is 1.90. The van der Waals surface area contributed by atoms with Gasteiger partial charge in [0.25, 0.3) is 0 Å². The summed E-state index contributed by atoms with van der Waals surface area (Å²) in [6.07, 6.45) is 15.1. The third-order valence-corrected chi connectivity index (χ3v) is 2.18. The van der Waals surface area contributed by atoms with Crippen molar-refractivity contribution in [1.29, 1.82) is 0 Å². The molecule has 0 amide bonds. The van der Waals surface area contributed by atoms with Crippen LogP contribution in [-0.4, -0.2) is 0 Å². The summed E-state index contributed by atoms with van der Waals surface area (Å²) in [7, 11) is 0. The van der Waals surface area contributed by atoms with Crippen molar-refractivity contribution in [3.05, 3.63) is 13.3 Å². The normalized spacial score (nSPS) is 10.5. The molecular weight excluding hydrogens is 144 g/mol. The average molecular weight is 167 g/mol. The van der Waals surface area contributed by atoms with Gasteiger partial charge in [0.05, 0.1) is 0 Å². The number of rotatable bonds is 9. The Kier molecular flexibility index (Phi) is 11.0. The van der Waals surface area contributed by atoms with Crippen LogP contribution in [0.4, 0.5) is 0 Å². The highest BCUT2D eigenvalue weighted by Crippen LogP contribution is 2.09. The number of hydrogen-bond acceptors (Lipinski definition) is 0. The fourth-order valence-corrected chi connectivity index (χ4v) is 1.36. The standard InChI is InChI=1S/C12H23/c1-3-5-7-9-11-12-10-8-6-4-2/h1,3,5-12H2,2H3. The molecule has 0 saturated carbocycles. The van der Waals surface area contributed by atoms with E-state index >= 15 is 0 Å². The van der Waals surface area contributed by atoms with E-state index in [-0.39, 0.29) is 0 Å². The van der Waals surface area contributed by atoms with Gasteiger partial charge in [0, 0.05) is 0 Å². The first-order chi connectivity index (χ1) is 5.91. The molecule has 0 N–H and O–H groups in total. The lowest BCUT2D eigenvalue weighted by molar-refractivity contribution is 0.579. The molecule has 0 atom stereocenters. The molecule has 0 spiro atoms. The molecule has 0 aliphatic carbocycles. The third-order valence-electron chi connectivity index (χ3n) is 2.18. The minimum atomic E-state index is 1.11. The van der Waals surface area contributed by atoms with E-state index < -0.39 is 0 Å². The predicted molar refractivity (Wildman–Crippen MR) is 55.8 cm³/mol. The van der Waals surface area contributed by atoms with Gasteiger partial charge < -0.3 is 0 Å². The number of hydrogen-bond donors (Lipinski definition) is 0. The molecule has 0 saturated heterocycles. The van der Waals surface area contributed by atoms with Gasteiger partial charge in [-0.1, -0.05) is 65.2 Å². The van der Waals surface area contributed by atoms with Crippen LogP contribution in [0.5, 0.6) is 0 Å². The Labute approximate surface area is 78.8 Å². The highest BCUT2D eigenvalue weighted by atomic mass is 14.0. The lowest BCUT2D eigenvalue weighted by atomic mass is 10.1. The van der Waals surface area contributed by atoms with Gasteiger partial charge in [0.15, 0.2) is 0 Å². The Morgan fingerprint density at radius 1 is 0.833 bits per heavy atom. The summed E-state index contributed by atoms with van der Waals surface area (Å²) < 4.78 is 0. The number of unbranched alkanes of at least 4 members (excludes halogenated alkanes) is 9. The monoisotopic (exact) mass is 167 g/mol. The van der Waals surface area contributed by atoms with Crippen molar-refractivity contribution < 1.29 is 0 Å². The Hall–Kier alpha value is 0. The fourth-order valence-electron chi connectivity index (χ4n) is 1.36. The van der Waals surface area contributed by atoms with Crippen LogP contribution in [0.2, 0.25) is 0 Å². The molecule has 0 aliphatic rings. The largest absolute Gasteiger partial charge is 0.0586 e. The first kappa shape index (κ1) is 12.0. The van der Waals surface area contributed by atoms with Crippen molar-refractivity contribution in [2.24, 2.45) is 0 Å². The molecule has 3 radical (unpaired) electrons. The Balaban J connectivity index is 2.73. The first-order valence-electron chi connectivity index (χ1n) is 5.35. The van der Waals surface area contributed by atoms with E-state index in [1.54, 1.807) is 0 Å². The molecule has 0 rings (SSSR count). The lowest BCUT2D eigenvalue weighted by Crippen LogP contribution is -1.80. The molecule has 0 bridgehead atoms. The van der Waals surface area contributed by atoms with Crippen molar-refractivity contribution in [3.8, 4) is 0 Å². The van der Waals surface area contributed by atoms with Crippen molar-refractivity contribution in [2.75, 3.05) is 0 Å². The Morgan fingerprint density at radius 3 is 1.83 bits per heavy atom. The SMILES string of the molecule is [CH2]CCCCCCCCC[C]C. The van der Waals surface area contributed by atoms with E-state index in [4.69, 9.17) is 0 Å².